The van der Waals surface area contributed by atoms with E-state index in [1.54, 1.807) is 12.1 Å². The van der Waals surface area contributed by atoms with Crippen LogP contribution in [0.4, 0.5) is 5.69 Å². The van der Waals surface area contributed by atoms with Crippen LogP contribution in [-0.2, 0) is 4.79 Å². The Morgan fingerprint density at radius 2 is 1.67 bits per heavy atom. The van der Waals surface area contributed by atoms with Crippen LogP contribution in [0.15, 0.2) is 71.8 Å². The Hall–Kier alpha value is -4.72. The van der Waals surface area contributed by atoms with Gasteiger partial charge in [0.2, 0.25) is 11.7 Å². The van der Waals surface area contributed by atoms with Crippen molar-refractivity contribution in [1.82, 2.24) is 4.98 Å². The van der Waals surface area contributed by atoms with Gasteiger partial charge in [0.05, 0.1) is 43.2 Å². The van der Waals surface area contributed by atoms with Crippen molar-refractivity contribution < 1.29 is 28.9 Å². The van der Waals surface area contributed by atoms with E-state index in [0.29, 0.717) is 56.1 Å². The lowest BCUT2D eigenvalue weighted by molar-refractivity contribution is -0.115. The number of amides is 1. The molecular weight excluding hydrogens is 578 g/mol. The molecule has 0 spiro atoms. The number of aromatic carboxylic acids is 1. The summed E-state index contributed by atoms with van der Waals surface area (Å²) in [5.41, 5.74) is 3.32. The maximum Gasteiger partial charge on any atom is 0.337 e. The normalized spacial score (nSPS) is 10.5. The van der Waals surface area contributed by atoms with Crippen LogP contribution in [0.25, 0.3) is 22.4 Å². The molecule has 0 fully saturated rings. The molecule has 0 aliphatic heterocycles. The fourth-order valence-corrected chi connectivity index (χ4v) is 5.33. The summed E-state index contributed by atoms with van der Waals surface area (Å²) in [7, 11) is 4.56. The lowest BCUT2D eigenvalue weighted by Crippen LogP contribution is -2.13. The van der Waals surface area contributed by atoms with E-state index in [1.165, 1.54) is 51.3 Å². The number of halogens is 1. The van der Waals surface area contributed by atoms with Crippen LogP contribution < -0.4 is 19.5 Å². The standard InChI is InChI=1S/C31H26ClN3O6S/c1-39-26-13-19(14-27(40-2)29(26)41-3)21-16-25(18-7-5-4-6-8-18)35-30(23(21)17-33)42-12-11-28(36)34-20-9-10-24(32)22(15-20)31(37)38/h4-10,13-16H,11-12H2,1-3H3,(H,34,36)(H,37,38). The summed E-state index contributed by atoms with van der Waals surface area (Å²) >= 11 is 7.19. The first-order valence-corrected chi connectivity index (χ1v) is 13.9. The molecule has 0 saturated heterocycles. The summed E-state index contributed by atoms with van der Waals surface area (Å²) in [5, 5.41) is 22.7. The first-order chi connectivity index (χ1) is 20.3. The number of nitrogens with zero attached hydrogens (tertiary/aromatic N) is 2. The van der Waals surface area contributed by atoms with Gasteiger partial charge in [-0.15, -0.1) is 11.8 Å². The number of anilines is 1. The van der Waals surface area contributed by atoms with E-state index >= 15 is 0 Å². The Bertz CT molecular complexity index is 1650. The van der Waals surface area contributed by atoms with E-state index in [0.717, 1.165) is 5.56 Å². The van der Waals surface area contributed by atoms with E-state index < -0.39 is 5.97 Å². The molecule has 0 unspecified atom stereocenters. The van der Waals surface area contributed by atoms with Crippen molar-refractivity contribution in [2.24, 2.45) is 0 Å². The highest BCUT2D eigenvalue weighted by molar-refractivity contribution is 7.99. The molecule has 3 aromatic carbocycles. The van der Waals surface area contributed by atoms with Gasteiger partial charge in [0.1, 0.15) is 11.1 Å². The topological polar surface area (TPSA) is 131 Å². The van der Waals surface area contributed by atoms with Crippen LogP contribution in [0.3, 0.4) is 0 Å². The number of hydrogen-bond acceptors (Lipinski definition) is 8. The van der Waals surface area contributed by atoms with Crippen LogP contribution in [0.2, 0.25) is 5.02 Å². The van der Waals surface area contributed by atoms with Gasteiger partial charge in [-0.25, -0.2) is 9.78 Å². The molecule has 42 heavy (non-hydrogen) atoms. The molecule has 1 amide bonds. The second-order valence-corrected chi connectivity index (χ2v) is 10.3. The Morgan fingerprint density at radius 1 is 0.976 bits per heavy atom. The van der Waals surface area contributed by atoms with Gasteiger partial charge in [0, 0.05) is 29.0 Å². The van der Waals surface area contributed by atoms with E-state index in [1.807, 2.05) is 36.4 Å². The van der Waals surface area contributed by atoms with Crippen molar-refractivity contribution in [1.29, 1.82) is 5.26 Å². The minimum absolute atomic E-state index is 0.0763. The van der Waals surface area contributed by atoms with Gasteiger partial charge in [-0.2, -0.15) is 5.26 Å². The second kappa shape index (κ2) is 13.8. The summed E-state index contributed by atoms with van der Waals surface area (Å²) in [6, 6.07) is 21.5. The number of ether oxygens (including phenoxy) is 3. The quantitative estimate of drug-likeness (QED) is 0.178. The van der Waals surface area contributed by atoms with E-state index in [9.17, 15) is 20.0 Å². The molecule has 4 rings (SSSR count). The Kier molecular flexibility index (Phi) is 9.91. The summed E-state index contributed by atoms with van der Waals surface area (Å²) in [5.74, 6) is 0.0868. The number of rotatable bonds is 11. The van der Waals surface area contributed by atoms with Crippen molar-refractivity contribution in [3.63, 3.8) is 0 Å². The largest absolute Gasteiger partial charge is 0.493 e. The average Bonchev–Trinajstić information content (AvgIpc) is 3.01. The van der Waals surface area contributed by atoms with Gasteiger partial charge in [-0.05, 0) is 42.0 Å². The van der Waals surface area contributed by atoms with Crippen LogP contribution in [0.1, 0.15) is 22.3 Å². The Balaban J connectivity index is 1.67. The number of methoxy groups -OCH3 is 3. The predicted octanol–water partition coefficient (Wildman–Crippen LogP) is 6.79. The monoisotopic (exact) mass is 603 g/mol. The Morgan fingerprint density at radius 3 is 2.26 bits per heavy atom. The molecule has 0 aliphatic rings. The minimum atomic E-state index is -1.19. The number of carboxylic acids is 1. The minimum Gasteiger partial charge on any atom is -0.493 e. The number of hydrogen-bond donors (Lipinski definition) is 2. The highest BCUT2D eigenvalue weighted by atomic mass is 35.5. The van der Waals surface area contributed by atoms with Gasteiger partial charge in [-0.1, -0.05) is 41.9 Å². The van der Waals surface area contributed by atoms with Gasteiger partial charge in [0.15, 0.2) is 11.5 Å². The maximum atomic E-state index is 12.7. The number of pyridine rings is 1. The molecule has 0 aliphatic carbocycles. The lowest BCUT2D eigenvalue weighted by Gasteiger charge is -2.16. The molecule has 1 aromatic heterocycles. The summed E-state index contributed by atoms with van der Waals surface area (Å²) in [4.78, 5) is 28.8. The first-order valence-electron chi connectivity index (χ1n) is 12.6. The van der Waals surface area contributed by atoms with E-state index in [-0.39, 0.29) is 22.9 Å². The number of carboxylic acid groups (broad SMARTS) is 1. The predicted molar refractivity (Wildman–Crippen MR) is 162 cm³/mol. The van der Waals surface area contributed by atoms with Gasteiger partial charge < -0.3 is 24.6 Å². The Labute approximate surface area is 252 Å². The molecule has 0 saturated carbocycles. The number of carbonyl (C=O) groups is 2. The zero-order valence-corrected chi connectivity index (χ0v) is 24.5. The molecule has 9 nitrogen and oxygen atoms in total. The maximum absolute atomic E-state index is 12.7. The fourth-order valence-electron chi connectivity index (χ4n) is 4.19. The van der Waals surface area contributed by atoms with E-state index in [4.69, 9.17) is 30.8 Å². The highest BCUT2D eigenvalue weighted by Crippen LogP contribution is 2.43. The third-order valence-electron chi connectivity index (χ3n) is 6.19. The average molecular weight is 604 g/mol. The van der Waals surface area contributed by atoms with Crippen molar-refractivity contribution in [2.45, 2.75) is 11.4 Å². The molecule has 214 valence electrons. The van der Waals surface area contributed by atoms with Crippen LogP contribution in [0.5, 0.6) is 17.2 Å². The zero-order valence-electron chi connectivity index (χ0n) is 22.9. The number of nitrogens with one attached hydrogen (secondary N) is 1. The highest BCUT2D eigenvalue weighted by Gasteiger charge is 2.20. The molecule has 0 radical (unpaired) electrons. The first kappa shape index (κ1) is 30.2. The summed E-state index contributed by atoms with van der Waals surface area (Å²) < 4.78 is 16.5. The molecule has 0 atom stereocenters. The number of thioether (sulfide) groups is 1. The molecule has 1 heterocycles. The third-order valence-corrected chi connectivity index (χ3v) is 7.50. The zero-order chi connectivity index (χ0) is 30.2. The van der Waals surface area contributed by atoms with Gasteiger partial charge in [0.25, 0.3) is 0 Å². The SMILES string of the molecule is COc1cc(-c2cc(-c3ccccc3)nc(SCCC(=O)Nc3ccc(Cl)c(C(=O)O)c3)c2C#N)cc(OC)c1OC. The molecule has 0 bridgehead atoms. The van der Waals surface area contributed by atoms with Crippen molar-refractivity contribution >= 4 is 40.9 Å². The number of benzene rings is 3. The molecule has 4 aromatic rings. The molecule has 11 heteroatoms. The number of aromatic nitrogens is 1. The number of nitriles is 1. The fraction of sp³-hybridized carbons (Fsp3) is 0.161. The van der Waals surface area contributed by atoms with Crippen molar-refractivity contribution in [2.75, 3.05) is 32.4 Å². The smallest absolute Gasteiger partial charge is 0.337 e. The van der Waals surface area contributed by atoms with Crippen molar-refractivity contribution in [3.8, 4) is 45.7 Å². The van der Waals surface area contributed by atoms with E-state index in [2.05, 4.69) is 11.4 Å². The van der Waals surface area contributed by atoms with Gasteiger partial charge >= 0.3 is 5.97 Å². The van der Waals surface area contributed by atoms with Crippen LogP contribution in [-0.4, -0.2) is 49.0 Å². The molecule has 2 N–H and O–H groups in total. The molecular formula is C31H26ClN3O6S. The lowest BCUT2D eigenvalue weighted by atomic mass is 9.98. The second-order valence-electron chi connectivity index (χ2n) is 8.77. The van der Waals surface area contributed by atoms with Gasteiger partial charge in [-0.3, -0.25) is 4.79 Å². The summed E-state index contributed by atoms with van der Waals surface area (Å²) in [6.45, 7) is 0. The van der Waals surface area contributed by atoms with Crippen molar-refractivity contribution in [3.05, 3.63) is 82.9 Å². The third kappa shape index (κ3) is 6.77. The van der Waals surface area contributed by atoms with Crippen LogP contribution >= 0.6 is 23.4 Å². The number of carbonyl (C=O) groups excluding carboxylic acids is 1. The summed E-state index contributed by atoms with van der Waals surface area (Å²) in [6.07, 6.45) is 0.0807. The van der Waals surface area contributed by atoms with Crippen LogP contribution in [0, 0.1) is 11.3 Å².